The molecule has 0 aliphatic heterocycles. The Hall–Kier alpha value is -2.66. The van der Waals surface area contributed by atoms with Crippen molar-refractivity contribution in [2.75, 3.05) is 0 Å². The minimum Gasteiger partial charge on any atom is -0.338 e. The lowest BCUT2D eigenvalue weighted by Gasteiger charge is -2.08. The average Bonchev–Trinajstić information content (AvgIpc) is 2.54. The molecule has 0 atom stereocenters. The summed E-state index contributed by atoms with van der Waals surface area (Å²) in [6.07, 6.45) is 0. The lowest BCUT2D eigenvalue weighted by atomic mass is 10.1. The molecule has 0 radical (unpaired) electrons. The van der Waals surface area contributed by atoms with Crippen molar-refractivity contribution in [2.24, 2.45) is 0 Å². The molecule has 22 heavy (non-hydrogen) atoms. The quantitative estimate of drug-likeness (QED) is 0.696. The second-order valence-electron chi connectivity index (χ2n) is 4.67. The standard InChI is InChI=1S/C17H12O4S/c18-17(14-8-2-1-3-9-14)21-22(19,20)16-12-6-10-13-7-4-5-11-15(13)16/h1-12H. The van der Waals surface area contributed by atoms with Crippen LogP contribution in [0.15, 0.2) is 77.7 Å². The van der Waals surface area contributed by atoms with Crippen LogP contribution in [0.2, 0.25) is 0 Å². The number of fused-ring (bicyclic) bond motifs is 1. The lowest BCUT2D eigenvalue weighted by Crippen LogP contribution is -2.13. The molecule has 0 bridgehead atoms. The Morgan fingerprint density at radius 3 is 2.18 bits per heavy atom. The summed E-state index contributed by atoms with van der Waals surface area (Å²) in [5.74, 6) is -0.895. The zero-order valence-electron chi connectivity index (χ0n) is 11.5. The molecule has 110 valence electrons. The Labute approximate surface area is 128 Å². The smallest absolute Gasteiger partial charge is 0.338 e. The minimum absolute atomic E-state index is 0.0186. The van der Waals surface area contributed by atoms with Crippen LogP contribution in [0.5, 0.6) is 0 Å². The monoisotopic (exact) mass is 312 g/mol. The molecule has 3 rings (SSSR count). The van der Waals surface area contributed by atoms with Crippen LogP contribution in [0.1, 0.15) is 10.4 Å². The first-order valence-corrected chi connectivity index (χ1v) is 8.00. The number of carbonyl (C=O) groups excluding carboxylic acids is 1. The molecule has 0 amide bonds. The molecule has 5 heteroatoms. The summed E-state index contributed by atoms with van der Waals surface area (Å²) < 4.78 is 29.5. The van der Waals surface area contributed by atoms with Crippen LogP contribution in [0, 0.1) is 0 Å². The van der Waals surface area contributed by atoms with Gasteiger partial charge in [0.25, 0.3) is 0 Å². The van der Waals surface area contributed by atoms with Gasteiger partial charge in [0.2, 0.25) is 0 Å². The van der Waals surface area contributed by atoms with Gasteiger partial charge in [0, 0.05) is 5.39 Å². The topological polar surface area (TPSA) is 60.4 Å². The third kappa shape index (κ3) is 2.71. The number of hydrogen-bond acceptors (Lipinski definition) is 4. The maximum atomic E-state index is 12.4. The number of hydrogen-bond donors (Lipinski definition) is 0. The molecule has 0 fully saturated rings. The Balaban J connectivity index is 2.01. The summed E-state index contributed by atoms with van der Waals surface area (Å²) in [4.78, 5) is 11.9. The second-order valence-corrected chi connectivity index (χ2v) is 6.18. The summed E-state index contributed by atoms with van der Waals surface area (Å²) in [6.45, 7) is 0. The molecule has 0 aliphatic rings. The second kappa shape index (κ2) is 5.61. The highest BCUT2D eigenvalue weighted by Gasteiger charge is 2.23. The van der Waals surface area contributed by atoms with Crippen molar-refractivity contribution in [1.29, 1.82) is 0 Å². The SMILES string of the molecule is O=C(OS(=O)(=O)c1cccc2ccccc12)c1ccccc1. The zero-order valence-corrected chi connectivity index (χ0v) is 12.3. The molecule has 0 heterocycles. The van der Waals surface area contributed by atoms with Crippen molar-refractivity contribution in [2.45, 2.75) is 4.90 Å². The first kappa shape index (κ1) is 14.3. The van der Waals surface area contributed by atoms with Gasteiger partial charge in [-0.1, -0.05) is 54.6 Å². The maximum absolute atomic E-state index is 12.4. The first-order chi connectivity index (χ1) is 10.6. The predicted octanol–water partition coefficient (Wildman–Crippen LogP) is 3.39. The summed E-state index contributed by atoms with van der Waals surface area (Å²) >= 11 is 0. The van der Waals surface area contributed by atoms with E-state index < -0.39 is 16.1 Å². The van der Waals surface area contributed by atoms with Crippen LogP contribution in [0.4, 0.5) is 0 Å². The van der Waals surface area contributed by atoms with Crippen molar-refractivity contribution in [3.63, 3.8) is 0 Å². The first-order valence-electron chi connectivity index (χ1n) is 6.59. The molecule has 3 aromatic rings. The third-order valence-corrected chi connectivity index (χ3v) is 4.48. The molecule has 3 aromatic carbocycles. The van der Waals surface area contributed by atoms with Gasteiger partial charge in [-0.3, -0.25) is 0 Å². The highest BCUT2D eigenvalue weighted by Crippen LogP contribution is 2.24. The Bertz CT molecular complexity index is 926. The van der Waals surface area contributed by atoms with E-state index in [0.29, 0.717) is 5.39 Å². The molecule has 0 unspecified atom stereocenters. The van der Waals surface area contributed by atoms with Crippen LogP contribution in [-0.4, -0.2) is 14.4 Å². The summed E-state index contributed by atoms with van der Waals surface area (Å²) in [5.41, 5.74) is 0.186. The molecule has 0 aliphatic carbocycles. The highest BCUT2D eigenvalue weighted by molar-refractivity contribution is 7.87. The number of rotatable bonds is 3. The van der Waals surface area contributed by atoms with Crippen molar-refractivity contribution in [3.05, 3.63) is 78.4 Å². The van der Waals surface area contributed by atoms with E-state index in [1.807, 2.05) is 6.07 Å². The minimum atomic E-state index is -4.18. The Morgan fingerprint density at radius 1 is 0.773 bits per heavy atom. The van der Waals surface area contributed by atoms with E-state index in [1.54, 1.807) is 48.5 Å². The lowest BCUT2D eigenvalue weighted by molar-refractivity contribution is 0.0747. The zero-order chi connectivity index (χ0) is 15.6. The molecule has 0 saturated carbocycles. The van der Waals surface area contributed by atoms with Gasteiger partial charge in [0.15, 0.2) is 0 Å². The van der Waals surface area contributed by atoms with Crippen LogP contribution in [0.3, 0.4) is 0 Å². The fourth-order valence-corrected chi connectivity index (χ4v) is 3.27. The van der Waals surface area contributed by atoms with E-state index in [-0.39, 0.29) is 10.5 Å². The van der Waals surface area contributed by atoms with Gasteiger partial charge < -0.3 is 4.18 Å². The molecule has 0 saturated heterocycles. The van der Waals surface area contributed by atoms with E-state index in [9.17, 15) is 13.2 Å². The van der Waals surface area contributed by atoms with Gasteiger partial charge in [-0.05, 0) is 23.6 Å². The summed E-state index contributed by atoms with van der Waals surface area (Å²) in [5, 5.41) is 1.28. The van der Waals surface area contributed by atoms with Gasteiger partial charge in [-0.2, -0.15) is 8.42 Å². The van der Waals surface area contributed by atoms with E-state index in [1.165, 1.54) is 18.2 Å². The van der Waals surface area contributed by atoms with Crippen LogP contribution in [-0.2, 0) is 14.3 Å². The van der Waals surface area contributed by atoms with E-state index in [4.69, 9.17) is 4.18 Å². The van der Waals surface area contributed by atoms with Crippen molar-refractivity contribution in [3.8, 4) is 0 Å². The van der Waals surface area contributed by atoms with Gasteiger partial charge in [-0.15, -0.1) is 0 Å². The normalized spacial score (nSPS) is 11.3. The summed E-state index contributed by atoms with van der Waals surface area (Å²) in [7, 11) is -4.18. The van der Waals surface area contributed by atoms with Crippen LogP contribution < -0.4 is 0 Å². The fraction of sp³-hybridized carbons (Fsp3) is 0. The van der Waals surface area contributed by atoms with Crippen LogP contribution in [0.25, 0.3) is 10.8 Å². The van der Waals surface area contributed by atoms with Gasteiger partial charge in [0.05, 0.1) is 5.56 Å². The summed E-state index contributed by atoms with van der Waals surface area (Å²) in [6, 6.07) is 19.9. The van der Waals surface area contributed by atoms with Crippen molar-refractivity contribution >= 4 is 26.9 Å². The van der Waals surface area contributed by atoms with Crippen molar-refractivity contribution < 1.29 is 17.4 Å². The van der Waals surface area contributed by atoms with Gasteiger partial charge in [0.1, 0.15) is 4.90 Å². The molecule has 4 nitrogen and oxygen atoms in total. The largest absolute Gasteiger partial charge is 0.354 e. The van der Waals surface area contributed by atoms with E-state index in [2.05, 4.69) is 0 Å². The average molecular weight is 312 g/mol. The molecular formula is C17H12O4S. The van der Waals surface area contributed by atoms with E-state index in [0.717, 1.165) is 5.39 Å². The molecule has 0 spiro atoms. The predicted molar refractivity (Wildman–Crippen MR) is 83.0 cm³/mol. The van der Waals surface area contributed by atoms with E-state index >= 15 is 0 Å². The Morgan fingerprint density at radius 2 is 1.41 bits per heavy atom. The molecule has 0 N–H and O–H groups in total. The highest BCUT2D eigenvalue weighted by atomic mass is 32.2. The Kier molecular flexibility index (Phi) is 3.65. The number of benzene rings is 3. The maximum Gasteiger partial charge on any atom is 0.354 e. The molecule has 0 aromatic heterocycles. The van der Waals surface area contributed by atoms with Crippen molar-refractivity contribution in [1.82, 2.24) is 0 Å². The van der Waals surface area contributed by atoms with Gasteiger partial charge >= 0.3 is 16.1 Å². The number of carbonyl (C=O) groups is 1. The fourth-order valence-electron chi connectivity index (χ4n) is 2.18. The van der Waals surface area contributed by atoms with Gasteiger partial charge in [-0.25, -0.2) is 4.79 Å². The third-order valence-electron chi connectivity index (χ3n) is 3.21. The van der Waals surface area contributed by atoms with Crippen LogP contribution >= 0.6 is 0 Å². The molecular weight excluding hydrogens is 300 g/mol.